The lowest BCUT2D eigenvalue weighted by molar-refractivity contribution is -0.146. The maximum absolute atomic E-state index is 11.3. The van der Waals surface area contributed by atoms with Crippen molar-refractivity contribution >= 4 is 5.97 Å². The summed E-state index contributed by atoms with van der Waals surface area (Å²) in [7, 11) is 1.41. The standard InChI is InChI=1S/C10H19NO3/c1-3-4-7-14-8-5-6-11-9(8)10(12)13-2/h8-9,11H,3-7H2,1-2H3/t8-,9+/m1/s1. The number of unbranched alkanes of at least 4 members (excludes halogenated alkanes) is 1. The van der Waals surface area contributed by atoms with Crippen LogP contribution in [0.15, 0.2) is 0 Å². The van der Waals surface area contributed by atoms with Crippen molar-refractivity contribution in [2.45, 2.75) is 38.3 Å². The first kappa shape index (κ1) is 11.5. The van der Waals surface area contributed by atoms with Crippen molar-refractivity contribution in [2.75, 3.05) is 20.3 Å². The highest BCUT2D eigenvalue weighted by molar-refractivity contribution is 5.76. The van der Waals surface area contributed by atoms with Crippen molar-refractivity contribution in [1.82, 2.24) is 5.32 Å². The van der Waals surface area contributed by atoms with E-state index < -0.39 is 0 Å². The van der Waals surface area contributed by atoms with Crippen LogP contribution in [-0.4, -0.2) is 38.4 Å². The van der Waals surface area contributed by atoms with Crippen molar-refractivity contribution in [3.8, 4) is 0 Å². The van der Waals surface area contributed by atoms with E-state index in [4.69, 9.17) is 4.74 Å². The van der Waals surface area contributed by atoms with E-state index in [0.29, 0.717) is 0 Å². The molecule has 0 aromatic heterocycles. The molecule has 0 bridgehead atoms. The van der Waals surface area contributed by atoms with Gasteiger partial charge in [-0.05, 0) is 19.4 Å². The summed E-state index contributed by atoms with van der Waals surface area (Å²) in [6.07, 6.45) is 3.05. The van der Waals surface area contributed by atoms with Gasteiger partial charge in [-0.15, -0.1) is 0 Å². The van der Waals surface area contributed by atoms with Crippen LogP contribution in [0.5, 0.6) is 0 Å². The molecular weight excluding hydrogens is 182 g/mol. The molecule has 0 amide bonds. The molecule has 1 N–H and O–H groups in total. The largest absolute Gasteiger partial charge is 0.468 e. The lowest BCUT2D eigenvalue weighted by atomic mass is 10.2. The Labute approximate surface area is 85.0 Å². The molecule has 4 nitrogen and oxygen atoms in total. The van der Waals surface area contributed by atoms with E-state index in [1.807, 2.05) is 0 Å². The lowest BCUT2D eigenvalue weighted by Crippen LogP contribution is -2.40. The third-order valence-corrected chi connectivity index (χ3v) is 2.45. The second-order valence-electron chi connectivity index (χ2n) is 3.51. The Morgan fingerprint density at radius 1 is 1.57 bits per heavy atom. The van der Waals surface area contributed by atoms with Gasteiger partial charge in [0.25, 0.3) is 0 Å². The van der Waals surface area contributed by atoms with Crippen molar-refractivity contribution in [2.24, 2.45) is 0 Å². The minimum absolute atomic E-state index is 0.00556. The number of esters is 1. The molecule has 1 fully saturated rings. The minimum atomic E-state index is -0.267. The van der Waals surface area contributed by atoms with Gasteiger partial charge in [-0.25, -0.2) is 0 Å². The van der Waals surface area contributed by atoms with Crippen molar-refractivity contribution < 1.29 is 14.3 Å². The molecule has 0 spiro atoms. The molecule has 0 aromatic rings. The van der Waals surface area contributed by atoms with Gasteiger partial charge in [-0.2, -0.15) is 0 Å². The lowest BCUT2D eigenvalue weighted by Gasteiger charge is -2.17. The Morgan fingerprint density at radius 2 is 2.36 bits per heavy atom. The van der Waals surface area contributed by atoms with Gasteiger partial charge in [0, 0.05) is 6.61 Å². The van der Waals surface area contributed by atoms with Crippen molar-refractivity contribution in [1.29, 1.82) is 0 Å². The SMILES string of the molecule is CCCCO[C@@H]1CCN[C@@H]1C(=O)OC. The van der Waals surface area contributed by atoms with E-state index in [-0.39, 0.29) is 18.1 Å². The summed E-state index contributed by atoms with van der Waals surface area (Å²) in [4.78, 5) is 11.3. The molecular formula is C10H19NO3. The maximum atomic E-state index is 11.3. The highest BCUT2D eigenvalue weighted by atomic mass is 16.5. The molecule has 0 saturated carbocycles. The van der Waals surface area contributed by atoms with E-state index in [0.717, 1.165) is 32.4 Å². The summed E-state index contributed by atoms with van der Waals surface area (Å²) in [5.74, 6) is -0.219. The summed E-state index contributed by atoms with van der Waals surface area (Å²) in [5, 5.41) is 3.08. The van der Waals surface area contributed by atoms with Gasteiger partial charge in [0.15, 0.2) is 0 Å². The van der Waals surface area contributed by atoms with Crippen LogP contribution in [0.2, 0.25) is 0 Å². The summed E-state index contributed by atoms with van der Waals surface area (Å²) < 4.78 is 10.3. The first-order chi connectivity index (χ1) is 6.79. The zero-order chi connectivity index (χ0) is 10.4. The number of hydrogen-bond donors (Lipinski definition) is 1. The fraction of sp³-hybridized carbons (Fsp3) is 0.900. The summed E-state index contributed by atoms with van der Waals surface area (Å²) >= 11 is 0. The number of nitrogens with one attached hydrogen (secondary N) is 1. The van der Waals surface area contributed by atoms with Gasteiger partial charge in [-0.3, -0.25) is 4.79 Å². The van der Waals surface area contributed by atoms with Gasteiger partial charge in [0.05, 0.1) is 13.2 Å². The molecule has 1 aliphatic heterocycles. The van der Waals surface area contributed by atoms with Crippen LogP contribution in [-0.2, 0) is 14.3 Å². The summed E-state index contributed by atoms with van der Waals surface area (Å²) in [6.45, 7) is 3.68. The van der Waals surface area contributed by atoms with Gasteiger partial charge < -0.3 is 14.8 Å². The van der Waals surface area contributed by atoms with Crippen LogP contribution in [0, 0.1) is 0 Å². The van der Waals surface area contributed by atoms with Gasteiger partial charge in [0.2, 0.25) is 0 Å². The third kappa shape index (κ3) is 2.96. The molecule has 1 aliphatic rings. The topological polar surface area (TPSA) is 47.6 Å². The van der Waals surface area contributed by atoms with Crippen LogP contribution in [0.4, 0.5) is 0 Å². The van der Waals surface area contributed by atoms with E-state index >= 15 is 0 Å². The Bertz CT molecular complexity index is 184. The van der Waals surface area contributed by atoms with Crippen molar-refractivity contribution in [3.05, 3.63) is 0 Å². The molecule has 1 rings (SSSR count). The van der Waals surface area contributed by atoms with E-state index in [2.05, 4.69) is 17.0 Å². The fourth-order valence-electron chi connectivity index (χ4n) is 1.60. The first-order valence-electron chi connectivity index (χ1n) is 5.22. The van der Waals surface area contributed by atoms with Crippen LogP contribution in [0.3, 0.4) is 0 Å². The molecule has 0 unspecified atom stereocenters. The van der Waals surface area contributed by atoms with Gasteiger partial charge in [0.1, 0.15) is 6.04 Å². The van der Waals surface area contributed by atoms with Crippen LogP contribution >= 0.6 is 0 Å². The summed E-state index contributed by atoms with van der Waals surface area (Å²) in [6, 6.07) is -0.267. The van der Waals surface area contributed by atoms with E-state index in [9.17, 15) is 4.79 Å². The first-order valence-corrected chi connectivity index (χ1v) is 5.22. The number of methoxy groups -OCH3 is 1. The average molecular weight is 201 g/mol. The van der Waals surface area contributed by atoms with Crippen LogP contribution in [0.1, 0.15) is 26.2 Å². The number of rotatable bonds is 5. The third-order valence-electron chi connectivity index (χ3n) is 2.45. The van der Waals surface area contributed by atoms with E-state index in [1.54, 1.807) is 0 Å². The van der Waals surface area contributed by atoms with Crippen LogP contribution in [0.25, 0.3) is 0 Å². The smallest absolute Gasteiger partial charge is 0.325 e. The molecule has 2 atom stereocenters. The molecule has 0 aliphatic carbocycles. The second-order valence-corrected chi connectivity index (χ2v) is 3.51. The molecule has 0 radical (unpaired) electrons. The highest BCUT2D eigenvalue weighted by Gasteiger charge is 2.33. The van der Waals surface area contributed by atoms with Gasteiger partial charge in [-0.1, -0.05) is 13.3 Å². The molecule has 4 heteroatoms. The zero-order valence-corrected chi connectivity index (χ0v) is 8.91. The minimum Gasteiger partial charge on any atom is -0.468 e. The zero-order valence-electron chi connectivity index (χ0n) is 8.91. The predicted octanol–water partition coefficient (Wildman–Crippen LogP) is 0.707. The monoisotopic (exact) mass is 201 g/mol. The molecule has 0 aromatic carbocycles. The number of hydrogen-bond acceptors (Lipinski definition) is 4. The second kappa shape index (κ2) is 5.98. The van der Waals surface area contributed by atoms with E-state index in [1.165, 1.54) is 7.11 Å². The molecule has 14 heavy (non-hydrogen) atoms. The Hall–Kier alpha value is -0.610. The molecule has 1 heterocycles. The Kier molecular flexibility index (Phi) is 4.90. The molecule has 82 valence electrons. The average Bonchev–Trinajstić information content (AvgIpc) is 2.65. The Morgan fingerprint density at radius 3 is 3.00 bits per heavy atom. The quantitative estimate of drug-likeness (QED) is 0.525. The normalized spacial score (nSPS) is 26.4. The number of ether oxygens (including phenoxy) is 2. The highest BCUT2D eigenvalue weighted by Crippen LogP contribution is 2.13. The number of carbonyl (C=O) groups excluding carboxylic acids is 1. The van der Waals surface area contributed by atoms with Crippen LogP contribution < -0.4 is 5.32 Å². The summed E-state index contributed by atoms with van der Waals surface area (Å²) in [5.41, 5.74) is 0. The Balaban J connectivity index is 2.31. The fourth-order valence-corrected chi connectivity index (χ4v) is 1.60. The number of carbonyl (C=O) groups is 1. The van der Waals surface area contributed by atoms with Crippen molar-refractivity contribution in [3.63, 3.8) is 0 Å². The molecule has 1 saturated heterocycles. The van der Waals surface area contributed by atoms with Gasteiger partial charge >= 0.3 is 5.97 Å². The predicted molar refractivity (Wildman–Crippen MR) is 53.1 cm³/mol. The maximum Gasteiger partial charge on any atom is 0.325 e.